The van der Waals surface area contributed by atoms with Gasteiger partial charge >= 0.3 is 6.09 Å². The smallest absolute Gasteiger partial charge is 0.412 e. The Morgan fingerprint density at radius 3 is 2.47 bits per heavy atom. The number of benzene rings is 1. The lowest BCUT2D eigenvalue weighted by Gasteiger charge is -2.19. The van der Waals surface area contributed by atoms with Crippen LogP contribution in [0, 0.1) is 0 Å². The second-order valence-corrected chi connectivity index (χ2v) is 5.80. The number of anilines is 1. The molecule has 1 amide bonds. The van der Waals surface area contributed by atoms with Crippen LogP contribution in [0.4, 0.5) is 10.5 Å². The molecule has 0 aliphatic rings. The summed E-state index contributed by atoms with van der Waals surface area (Å²) in [6.07, 6.45) is -0.450. The third-order valence-corrected chi connectivity index (χ3v) is 2.84. The van der Waals surface area contributed by atoms with Crippen LogP contribution in [-0.4, -0.2) is 16.7 Å². The fraction of sp³-hybridized carbons (Fsp3) is 0.286. The van der Waals surface area contributed by atoms with Crippen molar-refractivity contribution in [2.75, 3.05) is 5.32 Å². The molecule has 100 valence electrons. The molecule has 1 heterocycles. The number of nitrogens with one attached hydrogen (secondary N) is 1. The van der Waals surface area contributed by atoms with E-state index in [1.54, 1.807) is 16.8 Å². The third-order valence-electron chi connectivity index (χ3n) is 2.26. The minimum Gasteiger partial charge on any atom is -0.444 e. The number of amides is 1. The number of aromatic nitrogens is 1. The first-order valence-corrected chi connectivity index (χ1v) is 6.87. The average molecular weight is 276 g/mol. The summed E-state index contributed by atoms with van der Waals surface area (Å²) in [6, 6.07) is 7.50. The lowest BCUT2D eigenvalue weighted by molar-refractivity contribution is 0.0636. The molecule has 1 aromatic heterocycles. The van der Waals surface area contributed by atoms with E-state index in [4.69, 9.17) is 4.74 Å². The van der Waals surface area contributed by atoms with E-state index in [1.165, 1.54) is 0 Å². The molecule has 0 bridgehead atoms. The van der Waals surface area contributed by atoms with Gasteiger partial charge in [0, 0.05) is 16.6 Å². The molecule has 0 aliphatic carbocycles. The molecule has 0 saturated carbocycles. The zero-order chi connectivity index (χ0) is 13.9. The molecule has 0 fully saturated rings. The summed E-state index contributed by atoms with van der Waals surface area (Å²) < 4.78 is 5.18. The molecule has 4 nitrogen and oxygen atoms in total. The van der Waals surface area contributed by atoms with E-state index in [2.05, 4.69) is 10.3 Å². The Morgan fingerprint density at radius 2 is 1.95 bits per heavy atom. The lowest BCUT2D eigenvalue weighted by Crippen LogP contribution is -2.27. The lowest BCUT2D eigenvalue weighted by atomic mass is 10.1. The second-order valence-electron chi connectivity index (χ2n) is 5.08. The van der Waals surface area contributed by atoms with Crippen LogP contribution in [0.3, 0.4) is 0 Å². The van der Waals surface area contributed by atoms with Crippen molar-refractivity contribution in [2.24, 2.45) is 0 Å². The minimum absolute atomic E-state index is 0.450. The van der Waals surface area contributed by atoms with Crippen molar-refractivity contribution in [1.82, 2.24) is 4.98 Å². The van der Waals surface area contributed by atoms with E-state index in [1.807, 2.05) is 50.4 Å². The molecule has 0 atom stereocenters. The van der Waals surface area contributed by atoms with Crippen molar-refractivity contribution in [3.8, 4) is 11.3 Å². The van der Waals surface area contributed by atoms with Crippen molar-refractivity contribution in [3.63, 3.8) is 0 Å². The predicted octanol–water partition coefficient (Wildman–Crippen LogP) is 4.16. The zero-order valence-corrected chi connectivity index (χ0v) is 12.0. The Balaban J connectivity index is 2.01. The fourth-order valence-corrected chi connectivity index (χ4v) is 2.06. The summed E-state index contributed by atoms with van der Waals surface area (Å²) >= 11 is 1.55. The maximum absolute atomic E-state index is 11.6. The number of thiazole rings is 1. The number of ether oxygens (including phenoxy) is 1. The molecule has 1 aromatic carbocycles. The monoisotopic (exact) mass is 276 g/mol. The first-order valence-electron chi connectivity index (χ1n) is 5.93. The van der Waals surface area contributed by atoms with Crippen LogP contribution in [0.2, 0.25) is 0 Å². The van der Waals surface area contributed by atoms with Crippen molar-refractivity contribution in [1.29, 1.82) is 0 Å². The highest BCUT2D eigenvalue weighted by Crippen LogP contribution is 2.21. The summed E-state index contributed by atoms with van der Waals surface area (Å²) in [7, 11) is 0. The summed E-state index contributed by atoms with van der Waals surface area (Å²) in [6.45, 7) is 5.49. The van der Waals surface area contributed by atoms with Crippen LogP contribution in [0.1, 0.15) is 20.8 Å². The maximum atomic E-state index is 11.6. The molecule has 5 heteroatoms. The van der Waals surface area contributed by atoms with E-state index >= 15 is 0 Å². The van der Waals surface area contributed by atoms with Crippen molar-refractivity contribution < 1.29 is 9.53 Å². The van der Waals surface area contributed by atoms with Gasteiger partial charge in [-0.05, 0) is 32.9 Å². The molecule has 19 heavy (non-hydrogen) atoms. The fourth-order valence-electron chi connectivity index (χ4n) is 1.50. The van der Waals surface area contributed by atoms with Crippen molar-refractivity contribution in [2.45, 2.75) is 26.4 Å². The first kappa shape index (κ1) is 13.5. The molecule has 2 aromatic rings. The standard InChI is InChI=1S/C14H16N2O2S/c1-14(2,3)18-13(17)16-11-6-4-10(5-7-11)12-8-19-9-15-12/h4-9H,1-3H3,(H,16,17). The molecule has 1 N–H and O–H groups in total. The van der Waals surface area contributed by atoms with Crippen LogP contribution in [0.25, 0.3) is 11.3 Å². The summed E-state index contributed by atoms with van der Waals surface area (Å²) in [5.74, 6) is 0. The molecule has 0 spiro atoms. The van der Waals surface area contributed by atoms with Gasteiger partial charge in [0.05, 0.1) is 11.2 Å². The van der Waals surface area contributed by atoms with Crippen LogP contribution in [0.5, 0.6) is 0 Å². The van der Waals surface area contributed by atoms with Gasteiger partial charge in [0.25, 0.3) is 0 Å². The van der Waals surface area contributed by atoms with Gasteiger partial charge in [-0.25, -0.2) is 9.78 Å². The van der Waals surface area contributed by atoms with Crippen molar-refractivity contribution in [3.05, 3.63) is 35.2 Å². The zero-order valence-electron chi connectivity index (χ0n) is 11.1. The number of nitrogens with zero attached hydrogens (tertiary/aromatic N) is 1. The van der Waals surface area contributed by atoms with E-state index in [-0.39, 0.29) is 0 Å². The quantitative estimate of drug-likeness (QED) is 0.896. The van der Waals surface area contributed by atoms with Gasteiger partial charge in [-0.1, -0.05) is 12.1 Å². The summed E-state index contributed by atoms with van der Waals surface area (Å²) in [5.41, 5.74) is 3.96. The molecular formula is C14H16N2O2S. The van der Waals surface area contributed by atoms with E-state index in [9.17, 15) is 4.79 Å². The minimum atomic E-state index is -0.495. The van der Waals surface area contributed by atoms with Crippen LogP contribution in [-0.2, 0) is 4.74 Å². The molecule has 2 rings (SSSR count). The number of carbonyl (C=O) groups is 1. The average Bonchev–Trinajstić information content (AvgIpc) is 2.80. The highest BCUT2D eigenvalue weighted by atomic mass is 32.1. The third kappa shape index (κ3) is 4.06. The highest BCUT2D eigenvalue weighted by Gasteiger charge is 2.16. The number of carbonyl (C=O) groups excluding carboxylic acids is 1. The Hall–Kier alpha value is -1.88. The van der Waals surface area contributed by atoms with Gasteiger partial charge in [-0.2, -0.15) is 0 Å². The number of hydrogen-bond acceptors (Lipinski definition) is 4. The predicted molar refractivity (Wildman–Crippen MR) is 77.4 cm³/mol. The normalized spacial score (nSPS) is 11.1. The van der Waals surface area contributed by atoms with Gasteiger partial charge in [0.2, 0.25) is 0 Å². The second kappa shape index (κ2) is 5.40. The SMILES string of the molecule is CC(C)(C)OC(=O)Nc1ccc(-c2cscn2)cc1. The van der Waals surface area contributed by atoms with Crippen LogP contribution >= 0.6 is 11.3 Å². The maximum Gasteiger partial charge on any atom is 0.412 e. The van der Waals surface area contributed by atoms with Crippen LogP contribution in [0.15, 0.2) is 35.2 Å². The van der Waals surface area contributed by atoms with Crippen molar-refractivity contribution >= 4 is 23.1 Å². The van der Waals surface area contributed by atoms with E-state index in [0.29, 0.717) is 5.69 Å². The Bertz CT molecular complexity index is 542. The molecular weight excluding hydrogens is 260 g/mol. The Kier molecular flexibility index (Phi) is 3.85. The summed E-state index contributed by atoms with van der Waals surface area (Å²) in [5, 5.41) is 4.67. The topological polar surface area (TPSA) is 51.2 Å². The number of hydrogen-bond donors (Lipinski definition) is 1. The van der Waals surface area contributed by atoms with E-state index in [0.717, 1.165) is 11.3 Å². The van der Waals surface area contributed by atoms with Gasteiger partial charge in [-0.15, -0.1) is 11.3 Å². The van der Waals surface area contributed by atoms with E-state index < -0.39 is 11.7 Å². The van der Waals surface area contributed by atoms with Gasteiger partial charge in [0.1, 0.15) is 5.60 Å². The van der Waals surface area contributed by atoms with Gasteiger partial charge < -0.3 is 4.74 Å². The van der Waals surface area contributed by atoms with Crippen LogP contribution < -0.4 is 5.32 Å². The number of rotatable bonds is 2. The highest BCUT2D eigenvalue weighted by molar-refractivity contribution is 7.07. The van der Waals surface area contributed by atoms with Gasteiger partial charge in [-0.3, -0.25) is 5.32 Å². The molecule has 0 radical (unpaired) electrons. The molecule has 0 saturated heterocycles. The molecule has 0 aliphatic heterocycles. The largest absolute Gasteiger partial charge is 0.444 e. The Labute approximate surface area is 116 Å². The van der Waals surface area contributed by atoms with Gasteiger partial charge in [0.15, 0.2) is 0 Å². The molecule has 0 unspecified atom stereocenters. The first-order chi connectivity index (χ1) is 8.94. The summed E-state index contributed by atoms with van der Waals surface area (Å²) in [4.78, 5) is 15.8. The Morgan fingerprint density at radius 1 is 1.26 bits per heavy atom.